The molecule has 1 fully saturated rings. The Labute approximate surface area is 157 Å². The molecular weight excluding hydrogens is 361 g/mol. The van der Waals surface area contributed by atoms with Crippen LogP contribution in [-0.2, 0) is 11.2 Å². The minimum Gasteiger partial charge on any atom is -0.371 e. The summed E-state index contributed by atoms with van der Waals surface area (Å²) in [6, 6.07) is 12.4. The molecule has 7 heteroatoms. The topological polar surface area (TPSA) is 75.0 Å². The van der Waals surface area contributed by atoms with Crippen molar-refractivity contribution in [2.75, 3.05) is 19.7 Å². The lowest BCUT2D eigenvalue weighted by Crippen LogP contribution is -2.33. The summed E-state index contributed by atoms with van der Waals surface area (Å²) in [6.07, 6.45) is 0.125. The summed E-state index contributed by atoms with van der Waals surface area (Å²) < 4.78 is 5.71. The zero-order valence-electron chi connectivity index (χ0n) is 13.4. The van der Waals surface area contributed by atoms with Crippen molar-refractivity contribution < 1.29 is 9.53 Å². The van der Waals surface area contributed by atoms with Crippen LogP contribution < -0.4 is 5.32 Å². The standard InChI is InChI=1S/C18H16ClN3O2.ClH/c19-15-8-13(18-11-21-6-7-24-18)5-4-12(15)9-17(23)16-3-1-2-14(10-20)22-16;/h1-5,8,18,21H,6-7,9,11H2;1H/t18-;/m0./s1. The highest BCUT2D eigenvalue weighted by molar-refractivity contribution is 6.31. The number of hydrogen-bond donors (Lipinski definition) is 1. The number of rotatable bonds is 4. The molecule has 1 aromatic heterocycles. The summed E-state index contributed by atoms with van der Waals surface area (Å²) in [5.41, 5.74) is 2.23. The number of hydrogen-bond acceptors (Lipinski definition) is 5. The van der Waals surface area contributed by atoms with Gasteiger partial charge >= 0.3 is 0 Å². The van der Waals surface area contributed by atoms with Gasteiger partial charge in [-0.25, -0.2) is 4.98 Å². The molecule has 0 spiro atoms. The maximum Gasteiger partial charge on any atom is 0.185 e. The summed E-state index contributed by atoms with van der Waals surface area (Å²) in [5, 5.41) is 12.7. The molecule has 0 radical (unpaired) electrons. The normalized spacial score (nSPS) is 16.6. The molecule has 5 nitrogen and oxygen atoms in total. The molecule has 0 bridgehead atoms. The average Bonchev–Trinajstić information content (AvgIpc) is 2.64. The maximum absolute atomic E-state index is 12.4. The first-order valence-electron chi connectivity index (χ1n) is 7.68. The first-order valence-corrected chi connectivity index (χ1v) is 8.06. The Morgan fingerprint density at radius 1 is 1.40 bits per heavy atom. The zero-order valence-corrected chi connectivity index (χ0v) is 14.9. The van der Waals surface area contributed by atoms with Gasteiger partial charge < -0.3 is 10.1 Å². The van der Waals surface area contributed by atoms with E-state index in [0.717, 1.165) is 24.2 Å². The van der Waals surface area contributed by atoms with Crippen molar-refractivity contribution in [3.05, 3.63) is 63.9 Å². The number of carbonyl (C=O) groups is 1. The number of carbonyl (C=O) groups excluding carboxylic acids is 1. The maximum atomic E-state index is 12.4. The number of Topliss-reactive ketones (excluding diaryl/α,β-unsaturated/α-hetero) is 1. The Balaban J connectivity index is 0.00000225. The first kappa shape index (κ1) is 19.4. The van der Waals surface area contributed by atoms with E-state index in [4.69, 9.17) is 21.6 Å². The molecule has 3 rings (SSSR count). The van der Waals surface area contributed by atoms with Crippen molar-refractivity contribution in [3.8, 4) is 6.07 Å². The smallest absolute Gasteiger partial charge is 0.185 e. The molecule has 0 unspecified atom stereocenters. The van der Waals surface area contributed by atoms with Gasteiger partial charge in [0.2, 0.25) is 0 Å². The minimum atomic E-state index is -0.169. The Hall–Kier alpha value is -1.97. The van der Waals surface area contributed by atoms with E-state index >= 15 is 0 Å². The minimum absolute atomic E-state index is 0. The van der Waals surface area contributed by atoms with Gasteiger partial charge in [-0.1, -0.05) is 29.8 Å². The quantitative estimate of drug-likeness (QED) is 0.828. The van der Waals surface area contributed by atoms with Crippen molar-refractivity contribution in [2.24, 2.45) is 0 Å². The molecule has 1 saturated heterocycles. The van der Waals surface area contributed by atoms with E-state index in [0.29, 0.717) is 11.6 Å². The molecule has 0 saturated carbocycles. The predicted molar refractivity (Wildman–Crippen MR) is 97.2 cm³/mol. The van der Waals surface area contributed by atoms with E-state index in [1.165, 1.54) is 0 Å². The van der Waals surface area contributed by atoms with E-state index in [1.807, 2.05) is 24.3 Å². The van der Waals surface area contributed by atoms with Gasteiger partial charge in [0, 0.05) is 24.5 Å². The Morgan fingerprint density at radius 2 is 2.24 bits per heavy atom. The largest absolute Gasteiger partial charge is 0.371 e. The molecule has 1 aromatic carbocycles. The number of ketones is 1. The van der Waals surface area contributed by atoms with Gasteiger partial charge in [0.25, 0.3) is 0 Å². The highest BCUT2D eigenvalue weighted by atomic mass is 35.5. The van der Waals surface area contributed by atoms with Crippen LogP contribution in [-0.4, -0.2) is 30.5 Å². The summed E-state index contributed by atoms with van der Waals surface area (Å²) >= 11 is 6.34. The van der Waals surface area contributed by atoms with Crippen LogP contribution in [0.5, 0.6) is 0 Å². The molecule has 0 amide bonds. The number of nitrogens with one attached hydrogen (secondary N) is 1. The number of nitrogens with zero attached hydrogens (tertiary/aromatic N) is 2. The molecule has 130 valence electrons. The van der Waals surface area contributed by atoms with E-state index < -0.39 is 0 Å². The molecule has 2 heterocycles. The molecule has 1 N–H and O–H groups in total. The number of ether oxygens (including phenoxy) is 1. The van der Waals surface area contributed by atoms with Crippen LogP contribution >= 0.6 is 24.0 Å². The second kappa shape index (κ2) is 8.93. The van der Waals surface area contributed by atoms with Crippen LogP contribution in [0.15, 0.2) is 36.4 Å². The Morgan fingerprint density at radius 3 is 2.92 bits per heavy atom. The molecule has 2 aromatic rings. The van der Waals surface area contributed by atoms with Gasteiger partial charge in [-0.3, -0.25) is 4.79 Å². The second-order valence-corrected chi connectivity index (χ2v) is 5.94. The van der Waals surface area contributed by atoms with Gasteiger partial charge in [-0.2, -0.15) is 5.26 Å². The third-order valence-electron chi connectivity index (χ3n) is 3.88. The second-order valence-electron chi connectivity index (χ2n) is 5.53. The summed E-state index contributed by atoms with van der Waals surface area (Å²) in [7, 11) is 0. The van der Waals surface area contributed by atoms with E-state index in [-0.39, 0.29) is 42.1 Å². The molecular formula is C18H17Cl2N3O2. The molecule has 1 aliphatic heterocycles. The van der Waals surface area contributed by atoms with Crippen LogP contribution in [0.3, 0.4) is 0 Å². The highest BCUT2D eigenvalue weighted by Crippen LogP contribution is 2.25. The number of morpholine rings is 1. The number of pyridine rings is 1. The summed E-state index contributed by atoms with van der Waals surface area (Å²) in [4.78, 5) is 16.4. The van der Waals surface area contributed by atoms with Crippen molar-refractivity contribution in [1.29, 1.82) is 5.26 Å². The zero-order chi connectivity index (χ0) is 16.9. The number of benzene rings is 1. The summed E-state index contributed by atoms with van der Waals surface area (Å²) in [6.45, 7) is 2.27. The van der Waals surface area contributed by atoms with Crippen LogP contribution in [0.1, 0.15) is 33.4 Å². The SMILES string of the molecule is Cl.N#Cc1cccc(C(=O)Cc2ccc([C@@H]3CNCCO3)cc2Cl)n1. The Bertz CT molecular complexity index is 799. The van der Waals surface area contributed by atoms with Gasteiger partial charge in [0.1, 0.15) is 17.5 Å². The van der Waals surface area contributed by atoms with Crippen LogP contribution in [0.2, 0.25) is 5.02 Å². The highest BCUT2D eigenvalue weighted by Gasteiger charge is 2.18. The Kier molecular flexibility index (Phi) is 6.91. The van der Waals surface area contributed by atoms with Gasteiger partial charge in [-0.05, 0) is 29.3 Å². The van der Waals surface area contributed by atoms with E-state index in [9.17, 15) is 4.79 Å². The van der Waals surface area contributed by atoms with E-state index in [1.54, 1.807) is 18.2 Å². The number of nitriles is 1. The molecule has 1 aliphatic rings. The van der Waals surface area contributed by atoms with Crippen LogP contribution in [0.4, 0.5) is 0 Å². The molecule has 1 atom stereocenters. The fourth-order valence-electron chi connectivity index (χ4n) is 2.60. The number of halogens is 2. The average molecular weight is 378 g/mol. The predicted octanol–water partition coefficient (Wildman–Crippen LogP) is 3.11. The van der Waals surface area contributed by atoms with E-state index in [2.05, 4.69) is 10.3 Å². The van der Waals surface area contributed by atoms with Crippen molar-refractivity contribution >= 4 is 29.8 Å². The van der Waals surface area contributed by atoms with Crippen LogP contribution in [0, 0.1) is 11.3 Å². The lowest BCUT2D eigenvalue weighted by molar-refractivity contribution is 0.0277. The monoisotopic (exact) mass is 377 g/mol. The lowest BCUT2D eigenvalue weighted by Gasteiger charge is -2.24. The fourth-order valence-corrected chi connectivity index (χ4v) is 2.86. The van der Waals surface area contributed by atoms with Crippen molar-refractivity contribution in [1.82, 2.24) is 10.3 Å². The van der Waals surface area contributed by atoms with Gasteiger partial charge in [-0.15, -0.1) is 12.4 Å². The third-order valence-corrected chi connectivity index (χ3v) is 4.23. The van der Waals surface area contributed by atoms with Crippen molar-refractivity contribution in [2.45, 2.75) is 12.5 Å². The molecule has 0 aliphatic carbocycles. The first-order chi connectivity index (χ1) is 11.7. The van der Waals surface area contributed by atoms with Gasteiger partial charge in [0.05, 0.1) is 12.7 Å². The van der Waals surface area contributed by atoms with Crippen molar-refractivity contribution in [3.63, 3.8) is 0 Å². The van der Waals surface area contributed by atoms with Crippen LogP contribution in [0.25, 0.3) is 0 Å². The lowest BCUT2D eigenvalue weighted by atomic mass is 10.0. The fraction of sp³-hybridized carbons (Fsp3) is 0.278. The van der Waals surface area contributed by atoms with Gasteiger partial charge in [0.15, 0.2) is 5.78 Å². The molecule has 25 heavy (non-hydrogen) atoms. The third kappa shape index (κ3) is 4.77. The summed E-state index contributed by atoms with van der Waals surface area (Å²) in [5.74, 6) is -0.169. The number of aromatic nitrogens is 1.